The Labute approximate surface area is 115 Å². The maximum atomic E-state index is 5.98. The summed E-state index contributed by atoms with van der Waals surface area (Å²) in [5, 5.41) is 0.695. The van der Waals surface area contributed by atoms with Gasteiger partial charge in [-0.2, -0.15) is 0 Å². The lowest BCUT2D eigenvalue weighted by atomic mass is 10.1. The minimum Gasteiger partial charge on any atom is -0.490 e. The lowest BCUT2D eigenvalue weighted by molar-refractivity contribution is 0.204. The number of hydrogen-bond acceptors (Lipinski definition) is 2. The SMILES string of the molecule is CCCCCCC(C)Oc1cc(Cl)ccc1CN. The van der Waals surface area contributed by atoms with E-state index < -0.39 is 0 Å². The van der Waals surface area contributed by atoms with E-state index in [1.165, 1.54) is 25.7 Å². The zero-order valence-electron chi connectivity index (χ0n) is 11.4. The van der Waals surface area contributed by atoms with E-state index in [1.54, 1.807) is 0 Å². The molecule has 0 aliphatic rings. The molecule has 0 aliphatic carbocycles. The Morgan fingerprint density at radius 1 is 1.28 bits per heavy atom. The second-order valence-electron chi connectivity index (χ2n) is 4.73. The fraction of sp³-hybridized carbons (Fsp3) is 0.600. The lowest BCUT2D eigenvalue weighted by Crippen LogP contribution is -2.13. The highest BCUT2D eigenvalue weighted by atomic mass is 35.5. The molecule has 1 atom stereocenters. The van der Waals surface area contributed by atoms with Crippen LogP contribution in [0.3, 0.4) is 0 Å². The molecule has 0 radical (unpaired) electrons. The minimum absolute atomic E-state index is 0.214. The van der Waals surface area contributed by atoms with Crippen LogP contribution in [0.5, 0.6) is 5.75 Å². The Morgan fingerprint density at radius 2 is 2.06 bits per heavy atom. The van der Waals surface area contributed by atoms with Crippen molar-refractivity contribution < 1.29 is 4.74 Å². The van der Waals surface area contributed by atoms with Crippen molar-refractivity contribution in [3.8, 4) is 5.75 Å². The smallest absolute Gasteiger partial charge is 0.125 e. The van der Waals surface area contributed by atoms with E-state index in [9.17, 15) is 0 Å². The fourth-order valence-electron chi connectivity index (χ4n) is 1.94. The lowest BCUT2D eigenvalue weighted by Gasteiger charge is -2.17. The Morgan fingerprint density at radius 3 is 2.72 bits per heavy atom. The molecule has 1 aromatic rings. The van der Waals surface area contributed by atoms with Gasteiger partial charge in [0.2, 0.25) is 0 Å². The van der Waals surface area contributed by atoms with Crippen LogP contribution in [0.2, 0.25) is 5.02 Å². The minimum atomic E-state index is 0.214. The summed E-state index contributed by atoms with van der Waals surface area (Å²) < 4.78 is 5.93. The normalized spacial score (nSPS) is 12.4. The number of rotatable bonds is 8. The molecule has 2 N–H and O–H groups in total. The highest BCUT2D eigenvalue weighted by Gasteiger charge is 2.08. The van der Waals surface area contributed by atoms with Crippen LogP contribution >= 0.6 is 11.6 Å². The number of halogens is 1. The topological polar surface area (TPSA) is 35.2 Å². The molecule has 1 unspecified atom stereocenters. The van der Waals surface area contributed by atoms with E-state index in [-0.39, 0.29) is 6.10 Å². The molecule has 102 valence electrons. The Hall–Kier alpha value is -0.730. The molecule has 0 saturated heterocycles. The highest BCUT2D eigenvalue weighted by Crippen LogP contribution is 2.25. The Balaban J connectivity index is 2.47. The largest absolute Gasteiger partial charge is 0.490 e. The van der Waals surface area contributed by atoms with E-state index in [4.69, 9.17) is 22.1 Å². The average Bonchev–Trinajstić information content (AvgIpc) is 2.35. The van der Waals surface area contributed by atoms with Gasteiger partial charge in [-0.1, -0.05) is 43.9 Å². The van der Waals surface area contributed by atoms with Crippen molar-refractivity contribution in [2.24, 2.45) is 5.73 Å². The van der Waals surface area contributed by atoms with Crippen LogP contribution in [0.25, 0.3) is 0 Å². The second-order valence-corrected chi connectivity index (χ2v) is 5.17. The van der Waals surface area contributed by atoms with Crippen molar-refractivity contribution in [3.63, 3.8) is 0 Å². The van der Waals surface area contributed by atoms with Gasteiger partial charge in [-0.15, -0.1) is 0 Å². The molecule has 2 nitrogen and oxygen atoms in total. The summed E-state index contributed by atoms with van der Waals surface area (Å²) in [5.74, 6) is 0.827. The molecule has 0 bridgehead atoms. The Kier molecular flexibility index (Phi) is 7.14. The van der Waals surface area contributed by atoms with E-state index in [2.05, 4.69) is 13.8 Å². The summed E-state index contributed by atoms with van der Waals surface area (Å²) in [6.45, 7) is 4.81. The molecule has 1 rings (SSSR count). The van der Waals surface area contributed by atoms with Crippen LogP contribution in [0, 0.1) is 0 Å². The zero-order chi connectivity index (χ0) is 13.4. The average molecular weight is 270 g/mol. The van der Waals surface area contributed by atoms with Crippen molar-refractivity contribution in [3.05, 3.63) is 28.8 Å². The van der Waals surface area contributed by atoms with Crippen LogP contribution in [0.15, 0.2) is 18.2 Å². The van der Waals surface area contributed by atoms with Crippen LogP contribution in [-0.4, -0.2) is 6.10 Å². The van der Waals surface area contributed by atoms with Gasteiger partial charge < -0.3 is 10.5 Å². The number of benzene rings is 1. The predicted molar refractivity (Wildman–Crippen MR) is 78.2 cm³/mol. The molecule has 0 aromatic heterocycles. The van der Waals surface area contributed by atoms with Crippen LogP contribution in [0.4, 0.5) is 0 Å². The third kappa shape index (κ3) is 5.28. The van der Waals surface area contributed by atoms with Gasteiger partial charge in [0.1, 0.15) is 5.75 Å². The third-order valence-electron chi connectivity index (χ3n) is 3.04. The van der Waals surface area contributed by atoms with Crippen molar-refractivity contribution >= 4 is 11.6 Å². The van der Waals surface area contributed by atoms with Crippen molar-refractivity contribution in [2.45, 2.75) is 58.6 Å². The first-order valence-corrected chi connectivity index (χ1v) is 7.20. The van der Waals surface area contributed by atoms with Crippen LogP contribution in [-0.2, 0) is 6.54 Å². The molecule has 0 aliphatic heterocycles. The van der Waals surface area contributed by atoms with Gasteiger partial charge in [-0.25, -0.2) is 0 Å². The third-order valence-corrected chi connectivity index (χ3v) is 3.28. The molecular weight excluding hydrogens is 246 g/mol. The molecule has 18 heavy (non-hydrogen) atoms. The predicted octanol–water partition coefficient (Wildman–Crippen LogP) is 4.54. The van der Waals surface area contributed by atoms with E-state index in [0.717, 1.165) is 17.7 Å². The molecule has 0 heterocycles. The van der Waals surface area contributed by atoms with Crippen LogP contribution in [0.1, 0.15) is 51.5 Å². The summed E-state index contributed by atoms with van der Waals surface area (Å²) in [6.07, 6.45) is 6.36. The van der Waals surface area contributed by atoms with Crippen molar-refractivity contribution in [1.29, 1.82) is 0 Å². The maximum Gasteiger partial charge on any atom is 0.125 e. The van der Waals surface area contributed by atoms with Gasteiger partial charge >= 0.3 is 0 Å². The summed E-state index contributed by atoms with van der Waals surface area (Å²) in [5.41, 5.74) is 6.71. The van der Waals surface area contributed by atoms with Gasteiger partial charge in [0.25, 0.3) is 0 Å². The summed E-state index contributed by atoms with van der Waals surface area (Å²) in [7, 11) is 0. The zero-order valence-corrected chi connectivity index (χ0v) is 12.2. The molecule has 0 amide bonds. The van der Waals surface area contributed by atoms with E-state index in [1.807, 2.05) is 18.2 Å². The quantitative estimate of drug-likeness (QED) is 0.704. The number of ether oxygens (including phenoxy) is 1. The summed E-state index contributed by atoms with van der Waals surface area (Å²) in [6, 6.07) is 5.64. The van der Waals surface area contributed by atoms with Crippen molar-refractivity contribution in [2.75, 3.05) is 0 Å². The second kappa shape index (κ2) is 8.39. The van der Waals surface area contributed by atoms with Gasteiger partial charge in [-0.3, -0.25) is 0 Å². The van der Waals surface area contributed by atoms with Gasteiger partial charge in [0, 0.05) is 17.1 Å². The van der Waals surface area contributed by atoms with Gasteiger partial charge in [-0.05, 0) is 31.9 Å². The summed E-state index contributed by atoms with van der Waals surface area (Å²) in [4.78, 5) is 0. The number of nitrogens with two attached hydrogens (primary N) is 1. The standard InChI is InChI=1S/C15H24ClNO/c1-3-4-5-6-7-12(2)18-15-10-14(16)9-8-13(15)11-17/h8-10,12H,3-7,11,17H2,1-2H3. The first-order valence-electron chi connectivity index (χ1n) is 6.82. The van der Waals surface area contributed by atoms with Crippen LogP contribution < -0.4 is 10.5 Å². The fourth-order valence-corrected chi connectivity index (χ4v) is 2.10. The maximum absolute atomic E-state index is 5.98. The summed E-state index contributed by atoms with van der Waals surface area (Å²) >= 11 is 5.98. The molecule has 1 aromatic carbocycles. The molecule has 0 fully saturated rings. The number of unbranched alkanes of at least 4 members (excludes halogenated alkanes) is 3. The highest BCUT2D eigenvalue weighted by molar-refractivity contribution is 6.30. The molecule has 0 spiro atoms. The van der Waals surface area contributed by atoms with E-state index >= 15 is 0 Å². The van der Waals surface area contributed by atoms with E-state index in [0.29, 0.717) is 11.6 Å². The van der Waals surface area contributed by atoms with Crippen molar-refractivity contribution in [1.82, 2.24) is 0 Å². The molecular formula is C15H24ClNO. The first kappa shape index (κ1) is 15.3. The Bertz CT molecular complexity index is 354. The van der Waals surface area contributed by atoms with Gasteiger partial charge in [0.15, 0.2) is 0 Å². The number of hydrogen-bond donors (Lipinski definition) is 1. The first-order chi connectivity index (χ1) is 8.67. The molecule has 3 heteroatoms. The molecule has 0 saturated carbocycles. The monoisotopic (exact) mass is 269 g/mol. The van der Waals surface area contributed by atoms with Gasteiger partial charge in [0.05, 0.1) is 6.10 Å².